The van der Waals surface area contributed by atoms with Gasteiger partial charge in [-0.05, 0) is 119 Å². The lowest BCUT2D eigenvalue weighted by Crippen LogP contribution is -2.14. The Labute approximate surface area is 331 Å². The topological polar surface area (TPSA) is 12.9 Å². The van der Waals surface area contributed by atoms with Crippen molar-refractivity contribution in [2.24, 2.45) is 0 Å². The van der Waals surface area contributed by atoms with Crippen molar-refractivity contribution in [2.75, 3.05) is 0 Å². The number of hydrogen-bond acceptors (Lipinski definition) is 2. The highest BCUT2D eigenvalue weighted by molar-refractivity contribution is 7.21. The van der Waals surface area contributed by atoms with Gasteiger partial charge < -0.3 is 0 Å². The molecule has 1 heterocycles. The Morgan fingerprint density at radius 1 is 0.375 bits per heavy atom. The van der Waals surface area contributed by atoms with E-state index >= 15 is 0 Å². The van der Waals surface area contributed by atoms with Crippen LogP contribution in [-0.4, -0.2) is 4.98 Å². The highest BCUT2D eigenvalue weighted by Gasteiger charge is 2.36. The van der Waals surface area contributed by atoms with Gasteiger partial charge in [-0.25, -0.2) is 4.98 Å². The van der Waals surface area contributed by atoms with Gasteiger partial charge in [0.05, 0.1) is 10.2 Å². The molecule has 56 heavy (non-hydrogen) atoms. The normalized spacial score (nSPS) is 13.0. The molecule has 1 aromatic heterocycles. The highest BCUT2D eigenvalue weighted by atomic mass is 32.1. The van der Waals surface area contributed by atoms with Gasteiger partial charge in [-0.3, -0.25) is 0 Å². The number of aromatic nitrogens is 1. The minimum absolute atomic E-state index is 0.135. The maximum absolute atomic E-state index is 5.13. The van der Waals surface area contributed by atoms with E-state index in [0.29, 0.717) is 0 Å². The second-order valence-corrected chi connectivity index (χ2v) is 16.5. The number of thiazole rings is 1. The summed E-state index contributed by atoms with van der Waals surface area (Å²) in [4.78, 5) is 5.13. The van der Waals surface area contributed by atoms with Crippen molar-refractivity contribution in [2.45, 2.75) is 19.3 Å². The summed E-state index contributed by atoms with van der Waals surface area (Å²) in [5.74, 6) is 0. The van der Waals surface area contributed by atoms with E-state index in [9.17, 15) is 0 Å². The molecule has 11 rings (SSSR count). The molecule has 0 radical (unpaired) electrons. The van der Waals surface area contributed by atoms with Crippen molar-refractivity contribution in [3.05, 3.63) is 199 Å². The zero-order chi connectivity index (χ0) is 37.4. The van der Waals surface area contributed by atoms with Crippen LogP contribution < -0.4 is 0 Å². The first kappa shape index (κ1) is 32.8. The maximum Gasteiger partial charge on any atom is 0.124 e. The van der Waals surface area contributed by atoms with Crippen molar-refractivity contribution in [3.8, 4) is 66.2 Å². The van der Waals surface area contributed by atoms with Crippen LogP contribution in [0.25, 0.3) is 98.0 Å². The molecular formula is C54H37NS. The molecule has 0 saturated heterocycles. The molecule has 0 fully saturated rings. The quantitative estimate of drug-likeness (QED) is 0.161. The van der Waals surface area contributed by atoms with Gasteiger partial charge in [0.1, 0.15) is 5.01 Å². The van der Waals surface area contributed by atoms with Crippen LogP contribution in [0.5, 0.6) is 0 Å². The number of hydrogen-bond donors (Lipinski definition) is 0. The monoisotopic (exact) mass is 731 g/mol. The van der Waals surface area contributed by atoms with Crippen molar-refractivity contribution < 1.29 is 0 Å². The molecule has 1 nitrogen and oxygen atoms in total. The zero-order valence-corrected chi connectivity index (χ0v) is 32.1. The summed E-state index contributed by atoms with van der Waals surface area (Å²) in [6.45, 7) is 4.76. The largest absolute Gasteiger partial charge is 0.236 e. The first-order chi connectivity index (χ1) is 27.5. The molecule has 1 aliphatic carbocycles. The number of fused-ring (bicyclic) bond motifs is 6. The van der Waals surface area contributed by atoms with Crippen LogP contribution in [0.4, 0.5) is 0 Å². The molecule has 264 valence electrons. The summed E-state index contributed by atoms with van der Waals surface area (Å²) >= 11 is 1.76. The van der Waals surface area contributed by atoms with Gasteiger partial charge in [-0.2, -0.15) is 0 Å². The number of para-hydroxylation sites is 1. The SMILES string of the molecule is CC1(C)c2ccccc2-c2cc3c(-c4ccc(-c5ccccc5)cc4)c4ccc(-c5nc6ccccc6s5)cc4c(-c4ccc(-c5ccccc5)cc4)c3cc21. The lowest BCUT2D eigenvalue weighted by atomic mass is 9.79. The van der Waals surface area contributed by atoms with Gasteiger partial charge >= 0.3 is 0 Å². The summed E-state index contributed by atoms with van der Waals surface area (Å²) in [5, 5.41) is 6.05. The third-order valence-electron chi connectivity index (χ3n) is 11.9. The maximum atomic E-state index is 5.13. The molecule has 2 heteroatoms. The van der Waals surface area contributed by atoms with Crippen molar-refractivity contribution in [1.82, 2.24) is 4.98 Å². The van der Waals surface area contributed by atoms with Crippen LogP contribution in [0.15, 0.2) is 188 Å². The Bertz CT molecular complexity index is 3080. The zero-order valence-electron chi connectivity index (χ0n) is 31.3. The molecule has 0 amide bonds. The molecule has 0 N–H and O–H groups in total. The summed E-state index contributed by atoms with van der Waals surface area (Å²) in [7, 11) is 0. The summed E-state index contributed by atoms with van der Waals surface area (Å²) in [5.41, 5.74) is 17.3. The van der Waals surface area contributed by atoms with E-state index in [-0.39, 0.29) is 5.41 Å². The molecule has 0 aliphatic heterocycles. The average Bonchev–Trinajstić information content (AvgIpc) is 3.79. The van der Waals surface area contributed by atoms with Crippen molar-refractivity contribution in [1.29, 1.82) is 0 Å². The van der Waals surface area contributed by atoms with Crippen LogP contribution >= 0.6 is 11.3 Å². The molecule has 1 aliphatic rings. The minimum Gasteiger partial charge on any atom is -0.236 e. The third-order valence-corrected chi connectivity index (χ3v) is 13.0. The fourth-order valence-electron chi connectivity index (χ4n) is 9.09. The van der Waals surface area contributed by atoms with Gasteiger partial charge in [0, 0.05) is 11.0 Å². The number of nitrogens with zero attached hydrogens (tertiary/aromatic N) is 1. The molecular weight excluding hydrogens is 695 g/mol. The van der Waals surface area contributed by atoms with E-state index in [1.54, 1.807) is 11.3 Å². The Morgan fingerprint density at radius 3 is 1.54 bits per heavy atom. The molecule has 10 aromatic rings. The lowest BCUT2D eigenvalue weighted by molar-refractivity contribution is 0.661. The van der Waals surface area contributed by atoms with Crippen LogP contribution in [0, 0.1) is 0 Å². The van der Waals surface area contributed by atoms with Crippen LogP contribution in [-0.2, 0) is 5.41 Å². The molecule has 0 bridgehead atoms. The van der Waals surface area contributed by atoms with Crippen LogP contribution in [0.2, 0.25) is 0 Å². The van der Waals surface area contributed by atoms with E-state index in [2.05, 4.69) is 202 Å². The van der Waals surface area contributed by atoms with Gasteiger partial charge in [0.25, 0.3) is 0 Å². The summed E-state index contributed by atoms with van der Waals surface area (Å²) < 4.78 is 1.20. The number of rotatable bonds is 5. The fourth-order valence-corrected chi connectivity index (χ4v) is 10.1. The Hall–Kier alpha value is -6.61. The average molecular weight is 732 g/mol. The minimum atomic E-state index is -0.135. The summed E-state index contributed by atoms with van der Waals surface area (Å²) in [6, 6.07) is 69.2. The summed E-state index contributed by atoms with van der Waals surface area (Å²) in [6.07, 6.45) is 0. The fraction of sp³-hybridized carbons (Fsp3) is 0.0556. The highest BCUT2D eigenvalue weighted by Crippen LogP contribution is 2.53. The van der Waals surface area contributed by atoms with Crippen LogP contribution in [0.3, 0.4) is 0 Å². The van der Waals surface area contributed by atoms with E-state index in [1.807, 2.05) is 0 Å². The van der Waals surface area contributed by atoms with Crippen molar-refractivity contribution >= 4 is 43.1 Å². The Morgan fingerprint density at radius 2 is 0.875 bits per heavy atom. The van der Waals surface area contributed by atoms with E-state index < -0.39 is 0 Å². The lowest BCUT2D eigenvalue weighted by Gasteiger charge is -2.24. The van der Waals surface area contributed by atoms with Gasteiger partial charge in [-0.1, -0.05) is 172 Å². The molecule has 0 spiro atoms. The standard InChI is InChI=1S/C54H37NS/c1-54(2)47-18-10-9-17-41(47)43-32-45-46(33-48(43)54)52(39-27-23-37(24-28-39)35-15-7-4-8-16-35)44-31-40(53-55-49-19-11-12-20-50(49)56-53)29-30-42(44)51(45)38-25-21-36(22-26-38)34-13-5-3-6-14-34/h3-33H,1-2H3. The first-order valence-electron chi connectivity index (χ1n) is 19.4. The number of benzene rings is 9. The first-order valence-corrected chi connectivity index (χ1v) is 20.2. The molecule has 0 saturated carbocycles. The smallest absolute Gasteiger partial charge is 0.124 e. The van der Waals surface area contributed by atoms with Crippen LogP contribution in [0.1, 0.15) is 25.0 Å². The van der Waals surface area contributed by atoms with E-state index in [1.165, 1.54) is 93.0 Å². The Balaban J connectivity index is 1.24. The third kappa shape index (κ3) is 5.17. The second kappa shape index (κ2) is 12.7. The predicted molar refractivity (Wildman–Crippen MR) is 239 cm³/mol. The van der Waals surface area contributed by atoms with E-state index in [0.717, 1.165) is 16.1 Å². The second-order valence-electron chi connectivity index (χ2n) is 15.5. The van der Waals surface area contributed by atoms with Gasteiger partial charge in [-0.15, -0.1) is 11.3 Å². The molecule has 9 aromatic carbocycles. The Kier molecular flexibility index (Phi) is 7.45. The predicted octanol–water partition coefficient (Wildman–Crippen LogP) is 15.2. The van der Waals surface area contributed by atoms with Crippen molar-refractivity contribution in [3.63, 3.8) is 0 Å². The van der Waals surface area contributed by atoms with Gasteiger partial charge in [0.2, 0.25) is 0 Å². The van der Waals surface area contributed by atoms with E-state index in [4.69, 9.17) is 4.98 Å². The molecule has 0 atom stereocenters. The van der Waals surface area contributed by atoms with Gasteiger partial charge in [0.15, 0.2) is 0 Å². The molecule has 0 unspecified atom stereocenters.